The molecule has 29 heavy (non-hydrogen) atoms. The molecule has 0 unspecified atom stereocenters. The molecule has 0 aliphatic carbocycles. The van der Waals surface area contributed by atoms with Crippen molar-refractivity contribution in [1.82, 2.24) is 0 Å². The van der Waals surface area contributed by atoms with E-state index >= 15 is 0 Å². The molecule has 0 aliphatic rings. The third kappa shape index (κ3) is 3.25. The summed E-state index contributed by atoms with van der Waals surface area (Å²) in [5.41, 5.74) is 0. The maximum absolute atomic E-state index is 13.0. The largest absolute Gasteiger partial charge is 0.423 e. The molecule has 176 valence electrons. The highest BCUT2D eigenvalue weighted by atomic mass is 19.4. The van der Waals surface area contributed by atoms with Crippen molar-refractivity contribution in [3.8, 4) is 0 Å². The number of aliphatic hydroxyl groups is 2. The molecule has 0 heterocycles. The molecular formula is C9H2F18O2. The number of rotatable bonds is 8. The van der Waals surface area contributed by atoms with Gasteiger partial charge in [-0.25, -0.2) is 0 Å². The van der Waals surface area contributed by atoms with Crippen LogP contribution < -0.4 is 0 Å². The van der Waals surface area contributed by atoms with Crippen molar-refractivity contribution < 1.29 is 89.2 Å². The molecule has 0 aliphatic heterocycles. The van der Waals surface area contributed by atoms with E-state index < -0.39 is 53.7 Å². The zero-order chi connectivity index (χ0) is 24.5. The molecule has 0 saturated carbocycles. The van der Waals surface area contributed by atoms with Crippen LogP contribution in [0.15, 0.2) is 0 Å². The predicted molar refractivity (Wildman–Crippen MR) is 49.0 cm³/mol. The van der Waals surface area contributed by atoms with Crippen molar-refractivity contribution in [3.05, 3.63) is 0 Å². The first kappa shape index (κ1) is 27.7. The number of halogens is 18. The lowest BCUT2D eigenvalue weighted by Gasteiger charge is -2.43. The van der Waals surface area contributed by atoms with E-state index in [1.807, 2.05) is 0 Å². The fourth-order valence-electron chi connectivity index (χ4n) is 1.36. The molecule has 0 saturated heterocycles. The molecule has 20 heteroatoms. The van der Waals surface area contributed by atoms with Gasteiger partial charge in [0.1, 0.15) is 0 Å². The molecule has 0 aromatic rings. The van der Waals surface area contributed by atoms with Crippen LogP contribution in [0, 0.1) is 0 Å². The third-order valence-corrected chi connectivity index (χ3v) is 3.12. The molecule has 0 aromatic heterocycles. The van der Waals surface area contributed by atoms with Gasteiger partial charge in [-0.15, -0.1) is 0 Å². The van der Waals surface area contributed by atoms with Gasteiger partial charge >= 0.3 is 53.7 Å². The Bertz CT molecular complexity index is 558. The number of alkyl halides is 18. The molecule has 0 bridgehead atoms. The molecule has 0 fully saturated rings. The second-order valence-corrected chi connectivity index (χ2v) is 5.10. The van der Waals surface area contributed by atoms with Crippen LogP contribution in [0.5, 0.6) is 0 Å². The van der Waals surface area contributed by atoms with E-state index in [4.69, 9.17) is 10.2 Å². The van der Waals surface area contributed by atoms with Crippen LogP contribution in [-0.4, -0.2) is 63.9 Å². The molecule has 0 atom stereocenters. The van der Waals surface area contributed by atoms with Crippen LogP contribution in [0.25, 0.3) is 0 Å². The Balaban J connectivity index is 6.82. The molecule has 0 radical (unpaired) electrons. The van der Waals surface area contributed by atoms with Crippen molar-refractivity contribution in [3.63, 3.8) is 0 Å². The van der Waals surface area contributed by atoms with E-state index in [-0.39, 0.29) is 0 Å². The lowest BCUT2D eigenvalue weighted by molar-refractivity contribution is -0.482. The first-order valence-corrected chi connectivity index (χ1v) is 5.85. The van der Waals surface area contributed by atoms with Crippen LogP contribution in [-0.2, 0) is 0 Å². The van der Waals surface area contributed by atoms with Crippen molar-refractivity contribution in [2.24, 2.45) is 0 Å². The Labute approximate surface area is 144 Å². The maximum atomic E-state index is 13.0. The molecule has 0 aromatic carbocycles. The van der Waals surface area contributed by atoms with Gasteiger partial charge in [-0.1, -0.05) is 0 Å². The van der Waals surface area contributed by atoms with Crippen LogP contribution in [0.4, 0.5) is 79.0 Å². The molecular weight excluding hydrogens is 482 g/mol. The highest BCUT2D eigenvalue weighted by molar-refractivity contribution is 5.15. The van der Waals surface area contributed by atoms with E-state index in [0.717, 1.165) is 0 Å². The van der Waals surface area contributed by atoms with Gasteiger partial charge in [-0.2, -0.15) is 79.0 Å². The van der Waals surface area contributed by atoms with Gasteiger partial charge < -0.3 is 10.2 Å². The van der Waals surface area contributed by atoms with Crippen molar-refractivity contribution in [1.29, 1.82) is 0 Å². The van der Waals surface area contributed by atoms with E-state index in [1.165, 1.54) is 0 Å². The molecule has 0 rings (SSSR count). The molecule has 2 nitrogen and oxygen atoms in total. The summed E-state index contributed by atoms with van der Waals surface area (Å²) >= 11 is 0. The average molecular weight is 484 g/mol. The van der Waals surface area contributed by atoms with Crippen LogP contribution in [0.1, 0.15) is 0 Å². The van der Waals surface area contributed by atoms with Gasteiger partial charge in [0.2, 0.25) is 0 Å². The number of hydrogen-bond donors (Lipinski definition) is 2. The summed E-state index contributed by atoms with van der Waals surface area (Å²) in [5.74, 6) is -60.0. The minimum atomic E-state index is -8.91. The average Bonchev–Trinajstić information content (AvgIpc) is 2.43. The van der Waals surface area contributed by atoms with Gasteiger partial charge in [-0.05, 0) is 0 Å². The second kappa shape index (κ2) is 6.33. The second-order valence-electron chi connectivity index (χ2n) is 5.10. The van der Waals surface area contributed by atoms with Gasteiger partial charge in [0.25, 0.3) is 0 Å². The monoisotopic (exact) mass is 484 g/mol. The molecule has 0 amide bonds. The van der Waals surface area contributed by atoms with Gasteiger partial charge in [0, 0.05) is 0 Å². The summed E-state index contributed by atoms with van der Waals surface area (Å²) < 4.78 is 227. The smallest absolute Gasteiger partial charge is 0.331 e. The van der Waals surface area contributed by atoms with Crippen molar-refractivity contribution >= 4 is 0 Å². The zero-order valence-corrected chi connectivity index (χ0v) is 12.2. The Morgan fingerprint density at radius 2 is 0.345 bits per heavy atom. The lowest BCUT2D eigenvalue weighted by atomic mass is 9.88. The Morgan fingerprint density at radius 3 is 0.448 bits per heavy atom. The molecule has 0 spiro atoms. The van der Waals surface area contributed by atoms with Gasteiger partial charge in [0.05, 0.1) is 0 Å². The normalized spacial score (nSPS) is 17.0. The quantitative estimate of drug-likeness (QED) is 0.495. The molecule has 2 N–H and O–H groups in total. The standard InChI is InChI=1S/C9H2F18O2/c10-1(11,2(12,13)4(16,17)6(20,21)8(24,25)28)3(14,15)5(18,19)7(22,23)9(26,27)29/h28-29H. The van der Waals surface area contributed by atoms with Crippen LogP contribution in [0.2, 0.25) is 0 Å². The van der Waals surface area contributed by atoms with Crippen LogP contribution in [0.3, 0.4) is 0 Å². The summed E-state index contributed by atoms with van der Waals surface area (Å²) in [5, 5.41) is 14.8. The SMILES string of the molecule is OC(F)(F)C(F)(F)C(F)(F)C(F)(F)C(F)(F)C(F)(F)C(F)(F)C(F)(F)C(O)(F)F. The summed E-state index contributed by atoms with van der Waals surface area (Å²) in [4.78, 5) is 0. The highest BCUT2D eigenvalue weighted by Gasteiger charge is 2.96. The van der Waals surface area contributed by atoms with E-state index in [2.05, 4.69) is 0 Å². The first-order valence-electron chi connectivity index (χ1n) is 5.85. The summed E-state index contributed by atoms with van der Waals surface area (Å²) in [6.07, 6.45) is -14.8. The number of hydrogen-bond acceptors (Lipinski definition) is 2. The summed E-state index contributed by atoms with van der Waals surface area (Å²) in [6, 6.07) is 0. The predicted octanol–water partition coefficient (Wildman–Crippen LogP) is 4.60. The topological polar surface area (TPSA) is 40.5 Å². The minimum absolute atomic E-state index is 7.38. The van der Waals surface area contributed by atoms with Crippen LogP contribution >= 0.6 is 0 Å². The summed E-state index contributed by atoms with van der Waals surface area (Å²) in [7, 11) is 0. The lowest BCUT2D eigenvalue weighted by Crippen LogP contribution is -2.76. The van der Waals surface area contributed by atoms with Crippen molar-refractivity contribution in [2.45, 2.75) is 53.7 Å². The van der Waals surface area contributed by atoms with E-state index in [1.54, 1.807) is 0 Å². The summed E-state index contributed by atoms with van der Waals surface area (Å²) in [6.45, 7) is 0. The van der Waals surface area contributed by atoms with E-state index in [9.17, 15) is 79.0 Å². The van der Waals surface area contributed by atoms with Gasteiger partial charge in [0.15, 0.2) is 0 Å². The maximum Gasteiger partial charge on any atom is 0.423 e. The van der Waals surface area contributed by atoms with Crippen molar-refractivity contribution in [2.75, 3.05) is 0 Å². The zero-order valence-electron chi connectivity index (χ0n) is 12.2. The highest BCUT2D eigenvalue weighted by Crippen LogP contribution is 2.64. The third-order valence-electron chi connectivity index (χ3n) is 3.12. The Morgan fingerprint density at radius 1 is 0.241 bits per heavy atom. The Kier molecular flexibility index (Phi) is 6.04. The van der Waals surface area contributed by atoms with E-state index in [0.29, 0.717) is 0 Å². The van der Waals surface area contributed by atoms with Gasteiger partial charge in [-0.3, -0.25) is 0 Å². The minimum Gasteiger partial charge on any atom is -0.331 e. The fraction of sp³-hybridized carbons (Fsp3) is 1.00. The first-order chi connectivity index (χ1) is 12.0. The Hall–Kier alpha value is -1.34. The fourth-order valence-corrected chi connectivity index (χ4v) is 1.36.